The van der Waals surface area contributed by atoms with Crippen LogP contribution in [0.5, 0.6) is 0 Å². The van der Waals surface area contributed by atoms with Gasteiger partial charge < -0.3 is 20.1 Å². The van der Waals surface area contributed by atoms with Gasteiger partial charge in [-0.1, -0.05) is 0 Å². The standard InChI is InChI=1S/C9H10N2O6/c12-3-4-6(14)7(15)8(17-4)11-2-1-5(13)10-9(11)16/h1-2,7-8,12,14-15H,3H2,(H,10,13,16)/p+1/t7?,8-/m1/s1. The van der Waals surface area contributed by atoms with Crippen molar-refractivity contribution in [2.24, 2.45) is 0 Å². The van der Waals surface area contributed by atoms with Crippen molar-refractivity contribution >= 4 is 0 Å². The van der Waals surface area contributed by atoms with Crippen LogP contribution < -0.4 is 11.2 Å². The molecule has 17 heavy (non-hydrogen) atoms. The average molecular weight is 243 g/mol. The summed E-state index contributed by atoms with van der Waals surface area (Å²) in [4.78, 5) is 24.3. The Morgan fingerprint density at radius 3 is 2.76 bits per heavy atom. The minimum Gasteiger partial charge on any atom is -0.592 e. The second-order valence-electron chi connectivity index (χ2n) is 3.47. The molecule has 0 radical (unpaired) electrons. The summed E-state index contributed by atoms with van der Waals surface area (Å²) in [5.74, 6) is -0.379. The highest BCUT2D eigenvalue weighted by molar-refractivity contribution is 5.13. The van der Waals surface area contributed by atoms with E-state index in [9.17, 15) is 14.7 Å². The van der Waals surface area contributed by atoms with Gasteiger partial charge in [-0.05, 0) is 0 Å². The first-order chi connectivity index (χ1) is 8.04. The molecule has 2 heterocycles. The summed E-state index contributed by atoms with van der Waals surface area (Å²) < 4.78 is 6.02. The second kappa shape index (κ2) is 4.07. The molecule has 1 unspecified atom stereocenters. The molecule has 1 aliphatic heterocycles. The van der Waals surface area contributed by atoms with Crippen molar-refractivity contribution in [2.45, 2.75) is 12.3 Å². The Bertz CT molecular complexity index is 571. The van der Waals surface area contributed by atoms with Gasteiger partial charge >= 0.3 is 11.4 Å². The molecule has 92 valence electrons. The molecular formula is C9H11N2O6+. The molecule has 0 saturated carbocycles. The van der Waals surface area contributed by atoms with Crippen LogP contribution in [0.1, 0.15) is 6.23 Å². The van der Waals surface area contributed by atoms with E-state index >= 15 is 0 Å². The van der Waals surface area contributed by atoms with Crippen LogP contribution in [0.2, 0.25) is 0 Å². The first-order valence-electron chi connectivity index (χ1n) is 4.76. The van der Waals surface area contributed by atoms with Crippen LogP contribution in [-0.2, 0) is 4.74 Å². The monoisotopic (exact) mass is 243 g/mol. The molecule has 0 saturated heterocycles. The zero-order valence-electron chi connectivity index (χ0n) is 8.58. The average Bonchev–Trinajstić information content (AvgIpc) is 2.57. The van der Waals surface area contributed by atoms with E-state index in [0.29, 0.717) is 0 Å². The third-order valence-corrected chi connectivity index (χ3v) is 2.40. The minimum absolute atomic E-state index is 0.0967. The van der Waals surface area contributed by atoms with Gasteiger partial charge in [-0.25, -0.2) is 4.79 Å². The van der Waals surface area contributed by atoms with Crippen molar-refractivity contribution in [3.8, 4) is 0 Å². The second-order valence-corrected chi connectivity index (χ2v) is 3.47. The van der Waals surface area contributed by atoms with E-state index in [0.717, 1.165) is 16.8 Å². The van der Waals surface area contributed by atoms with Crippen molar-refractivity contribution in [1.29, 1.82) is 0 Å². The highest BCUT2D eigenvalue weighted by atomic mass is 16.5. The topological polar surface area (TPSA) is 127 Å². The van der Waals surface area contributed by atoms with Gasteiger partial charge in [-0.3, -0.25) is 14.3 Å². The number of aromatic nitrogens is 2. The number of ether oxygens (including phenoxy) is 1. The number of hydrogen-bond acceptors (Lipinski definition) is 5. The summed E-state index contributed by atoms with van der Waals surface area (Å²) >= 11 is 0. The SMILES string of the molecule is O=c1ccn([C@@H]2OC(CO)=C([OH2+])C2O)c(=O)[nH]1. The Kier molecular flexibility index (Phi) is 2.74. The molecule has 2 rings (SSSR count). The van der Waals surface area contributed by atoms with Crippen molar-refractivity contribution in [3.05, 3.63) is 44.6 Å². The van der Waals surface area contributed by atoms with E-state index < -0.39 is 30.2 Å². The summed E-state index contributed by atoms with van der Waals surface area (Å²) in [5.41, 5.74) is -1.33. The Hall–Kier alpha value is -2.06. The zero-order chi connectivity index (χ0) is 12.6. The molecule has 2 atom stereocenters. The van der Waals surface area contributed by atoms with Gasteiger partial charge in [0.1, 0.15) is 6.61 Å². The van der Waals surface area contributed by atoms with E-state index in [1.165, 1.54) is 0 Å². The van der Waals surface area contributed by atoms with Crippen LogP contribution >= 0.6 is 0 Å². The maximum absolute atomic E-state index is 11.4. The zero-order valence-corrected chi connectivity index (χ0v) is 8.58. The molecule has 0 spiro atoms. The maximum Gasteiger partial charge on any atom is 0.331 e. The summed E-state index contributed by atoms with van der Waals surface area (Å²) in [7, 11) is 0. The van der Waals surface area contributed by atoms with E-state index in [1.807, 2.05) is 4.98 Å². The summed E-state index contributed by atoms with van der Waals surface area (Å²) in [6.07, 6.45) is -1.35. The lowest BCUT2D eigenvalue weighted by Gasteiger charge is -2.15. The fraction of sp³-hybridized carbons (Fsp3) is 0.333. The van der Waals surface area contributed by atoms with Crippen molar-refractivity contribution in [1.82, 2.24) is 9.55 Å². The van der Waals surface area contributed by atoms with Crippen molar-refractivity contribution in [3.63, 3.8) is 0 Å². The third kappa shape index (κ3) is 1.83. The van der Waals surface area contributed by atoms with Crippen LogP contribution in [-0.4, -0.2) is 37.6 Å². The largest absolute Gasteiger partial charge is 0.592 e. The lowest BCUT2D eigenvalue weighted by Crippen LogP contribution is -2.35. The van der Waals surface area contributed by atoms with Gasteiger partial charge in [-0.15, -0.1) is 0 Å². The molecule has 5 N–H and O–H groups in total. The van der Waals surface area contributed by atoms with E-state index in [4.69, 9.17) is 14.9 Å². The number of rotatable bonds is 2. The van der Waals surface area contributed by atoms with Crippen molar-refractivity contribution in [2.75, 3.05) is 6.61 Å². The van der Waals surface area contributed by atoms with Crippen LogP contribution in [0, 0.1) is 0 Å². The highest BCUT2D eigenvalue weighted by Crippen LogP contribution is 2.29. The van der Waals surface area contributed by atoms with Gasteiger partial charge in [0.05, 0.1) is 0 Å². The molecule has 0 fully saturated rings. The van der Waals surface area contributed by atoms with Gasteiger partial charge in [-0.2, -0.15) is 0 Å². The first-order valence-corrected chi connectivity index (χ1v) is 4.76. The Morgan fingerprint density at radius 2 is 2.24 bits per heavy atom. The number of H-pyrrole nitrogens is 1. The summed E-state index contributed by atoms with van der Waals surface area (Å²) in [5, 5.41) is 26.0. The predicted molar refractivity (Wildman–Crippen MR) is 55.2 cm³/mol. The van der Waals surface area contributed by atoms with Gasteiger partial charge in [0.2, 0.25) is 18.1 Å². The number of nitrogens with zero attached hydrogens (tertiary/aromatic N) is 1. The number of hydrogen-bond donors (Lipinski definition) is 3. The molecule has 1 aliphatic rings. The minimum atomic E-state index is -1.36. The first kappa shape index (κ1) is 11.4. The van der Waals surface area contributed by atoms with Gasteiger partial charge in [0.25, 0.3) is 5.56 Å². The molecule has 8 heteroatoms. The van der Waals surface area contributed by atoms with Crippen LogP contribution in [0.15, 0.2) is 33.4 Å². The predicted octanol–water partition coefficient (Wildman–Crippen LogP) is -2.65. The smallest absolute Gasteiger partial charge is 0.331 e. The molecule has 0 bridgehead atoms. The van der Waals surface area contributed by atoms with Crippen LogP contribution in [0.25, 0.3) is 0 Å². The third-order valence-electron chi connectivity index (χ3n) is 2.40. The normalized spacial score (nSPS) is 23.9. The number of nitrogens with one attached hydrogen (secondary N) is 1. The molecular weight excluding hydrogens is 232 g/mol. The molecule has 1 aromatic rings. The highest BCUT2D eigenvalue weighted by Gasteiger charge is 2.41. The number of aliphatic hydroxyl groups is 2. The Morgan fingerprint density at radius 1 is 1.53 bits per heavy atom. The molecule has 0 amide bonds. The molecule has 1 aromatic heterocycles. The van der Waals surface area contributed by atoms with Crippen LogP contribution in [0.4, 0.5) is 0 Å². The van der Waals surface area contributed by atoms with Crippen LogP contribution in [0.3, 0.4) is 0 Å². The Labute approximate surface area is 94.0 Å². The van der Waals surface area contributed by atoms with Crippen molar-refractivity contribution < 1.29 is 20.1 Å². The summed E-state index contributed by atoms with van der Waals surface area (Å²) in [6, 6.07) is 1.10. The fourth-order valence-electron chi connectivity index (χ4n) is 1.54. The summed E-state index contributed by atoms with van der Waals surface area (Å²) in [6.45, 7) is -0.537. The molecule has 8 nitrogen and oxygen atoms in total. The lowest BCUT2D eigenvalue weighted by atomic mass is 10.2. The quantitative estimate of drug-likeness (QED) is 0.489. The van der Waals surface area contributed by atoms with Gasteiger partial charge in [0.15, 0.2) is 0 Å². The van der Waals surface area contributed by atoms with Gasteiger partial charge in [0, 0.05) is 12.3 Å². The maximum atomic E-state index is 11.4. The molecule has 0 aliphatic carbocycles. The number of aliphatic hydroxyl groups excluding tert-OH is 2. The van der Waals surface area contributed by atoms with E-state index in [2.05, 4.69) is 0 Å². The Balaban J connectivity index is 2.39. The van der Waals surface area contributed by atoms with E-state index in [1.54, 1.807) is 0 Å². The fourth-order valence-corrected chi connectivity index (χ4v) is 1.54. The number of aromatic amines is 1. The molecule has 0 aromatic carbocycles. The van der Waals surface area contributed by atoms with E-state index in [-0.39, 0.29) is 11.5 Å². The lowest BCUT2D eigenvalue weighted by molar-refractivity contribution is -0.0172.